The number of nitrogens with one attached hydrogen (secondary N) is 1. The molecule has 1 aliphatic rings. The molecule has 1 N–H and O–H groups in total. The predicted molar refractivity (Wildman–Crippen MR) is 58.1 cm³/mol. The Hall–Kier alpha value is -1.02. The highest BCUT2D eigenvalue weighted by molar-refractivity contribution is 6.32. The average Bonchev–Trinajstić information content (AvgIpc) is 2.58. The zero-order valence-corrected chi connectivity index (χ0v) is 8.77. The van der Waals surface area contributed by atoms with Gasteiger partial charge in [-0.3, -0.25) is 0 Å². The van der Waals surface area contributed by atoms with E-state index in [1.165, 1.54) is 5.56 Å². The van der Waals surface area contributed by atoms with E-state index in [0.717, 1.165) is 29.1 Å². The van der Waals surface area contributed by atoms with E-state index in [0.29, 0.717) is 6.42 Å². The number of carbonyl (C=O) groups excluding carboxylic acids is 1. The summed E-state index contributed by atoms with van der Waals surface area (Å²) in [5, 5.41) is 4.07. The lowest BCUT2D eigenvalue weighted by Gasteiger charge is -2.09. The fraction of sp³-hybridized carbons (Fsp3) is 0.364. The molecule has 0 spiro atoms. The van der Waals surface area contributed by atoms with Crippen LogP contribution in [0.4, 0.5) is 5.69 Å². The third-order valence-corrected chi connectivity index (χ3v) is 3.04. The van der Waals surface area contributed by atoms with Crippen LogP contribution in [0.25, 0.3) is 0 Å². The molecule has 1 aliphatic heterocycles. The fourth-order valence-electron chi connectivity index (χ4n) is 1.98. The largest absolute Gasteiger partial charge is 0.384 e. The van der Waals surface area contributed by atoms with E-state index >= 15 is 0 Å². The number of hydrogen-bond acceptors (Lipinski definition) is 2. The summed E-state index contributed by atoms with van der Waals surface area (Å²) in [7, 11) is 0. The number of rotatable bonds is 2. The summed E-state index contributed by atoms with van der Waals surface area (Å²) in [5.74, 6) is 0.245. The van der Waals surface area contributed by atoms with Crippen LogP contribution in [0.5, 0.6) is 0 Å². The van der Waals surface area contributed by atoms with Gasteiger partial charge in [-0.1, -0.05) is 17.7 Å². The molecule has 2 nitrogen and oxygen atoms in total. The summed E-state index contributed by atoms with van der Waals surface area (Å²) in [6, 6.07) is 3.90. The van der Waals surface area contributed by atoms with Gasteiger partial charge in [-0.2, -0.15) is 0 Å². The summed E-state index contributed by atoms with van der Waals surface area (Å²) >= 11 is 6.12. The molecule has 0 bridgehead atoms. The molecule has 2 rings (SSSR count). The number of aldehydes is 1. The van der Waals surface area contributed by atoms with Gasteiger partial charge in [0.05, 0.1) is 0 Å². The Morgan fingerprint density at radius 2 is 2.43 bits per heavy atom. The number of aryl methyl sites for hydroxylation is 1. The fourth-order valence-corrected chi connectivity index (χ4v) is 2.29. The van der Waals surface area contributed by atoms with Crippen molar-refractivity contribution in [3.8, 4) is 0 Å². The van der Waals surface area contributed by atoms with E-state index in [-0.39, 0.29) is 5.92 Å². The Balaban J connectivity index is 2.47. The molecule has 1 unspecified atom stereocenters. The second kappa shape index (κ2) is 3.62. The van der Waals surface area contributed by atoms with Gasteiger partial charge in [-0.05, 0) is 24.1 Å². The molecule has 1 aromatic carbocycles. The van der Waals surface area contributed by atoms with E-state index in [2.05, 4.69) is 5.32 Å². The van der Waals surface area contributed by atoms with Crippen LogP contribution in [0.1, 0.15) is 23.5 Å². The van der Waals surface area contributed by atoms with Crippen molar-refractivity contribution in [2.75, 3.05) is 11.9 Å². The van der Waals surface area contributed by atoms with Gasteiger partial charge in [0.1, 0.15) is 6.29 Å². The highest BCUT2D eigenvalue weighted by atomic mass is 35.5. The molecular formula is C11H12ClNO. The zero-order chi connectivity index (χ0) is 10.1. The minimum atomic E-state index is 0.245. The van der Waals surface area contributed by atoms with Crippen molar-refractivity contribution in [1.29, 1.82) is 0 Å². The molecule has 0 amide bonds. The molecule has 0 saturated carbocycles. The lowest BCUT2D eigenvalue weighted by molar-refractivity contribution is -0.108. The van der Waals surface area contributed by atoms with Crippen LogP contribution < -0.4 is 5.32 Å². The van der Waals surface area contributed by atoms with Crippen molar-refractivity contribution in [3.63, 3.8) is 0 Å². The van der Waals surface area contributed by atoms with Crippen molar-refractivity contribution in [3.05, 3.63) is 28.3 Å². The van der Waals surface area contributed by atoms with Gasteiger partial charge < -0.3 is 10.1 Å². The van der Waals surface area contributed by atoms with Crippen LogP contribution >= 0.6 is 11.6 Å². The van der Waals surface area contributed by atoms with Gasteiger partial charge in [-0.15, -0.1) is 0 Å². The van der Waals surface area contributed by atoms with Crippen molar-refractivity contribution >= 4 is 23.6 Å². The molecule has 1 heterocycles. The number of anilines is 1. The number of hydrogen-bond donors (Lipinski definition) is 1. The van der Waals surface area contributed by atoms with E-state index < -0.39 is 0 Å². The normalized spacial score (nSPS) is 18.9. The zero-order valence-electron chi connectivity index (χ0n) is 8.01. The van der Waals surface area contributed by atoms with Crippen LogP contribution in [0, 0.1) is 6.92 Å². The van der Waals surface area contributed by atoms with Crippen LogP contribution in [-0.2, 0) is 4.79 Å². The quantitative estimate of drug-likeness (QED) is 0.759. The van der Waals surface area contributed by atoms with Crippen molar-refractivity contribution in [1.82, 2.24) is 0 Å². The molecule has 74 valence electrons. The maximum absolute atomic E-state index is 10.5. The van der Waals surface area contributed by atoms with Crippen molar-refractivity contribution < 1.29 is 4.79 Å². The standard InChI is InChI=1S/C11H12ClNO/c1-7-2-3-9(12)10-8(4-5-14)6-13-11(7)10/h2-3,5,8,13H,4,6H2,1H3. The van der Waals surface area contributed by atoms with Gasteiger partial charge >= 0.3 is 0 Å². The molecule has 0 saturated heterocycles. The first-order valence-corrected chi connectivity index (χ1v) is 5.08. The Kier molecular flexibility index (Phi) is 2.46. The smallest absolute Gasteiger partial charge is 0.120 e. The molecule has 0 fully saturated rings. The number of carbonyl (C=O) groups is 1. The van der Waals surface area contributed by atoms with Gasteiger partial charge in [0.25, 0.3) is 0 Å². The van der Waals surface area contributed by atoms with Crippen LogP contribution in [0.15, 0.2) is 12.1 Å². The van der Waals surface area contributed by atoms with Crippen molar-refractivity contribution in [2.45, 2.75) is 19.3 Å². The number of benzene rings is 1. The SMILES string of the molecule is Cc1ccc(Cl)c2c1NCC2CC=O. The molecule has 14 heavy (non-hydrogen) atoms. The van der Waals surface area contributed by atoms with E-state index in [4.69, 9.17) is 11.6 Å². The van der Waals surface area contributed by atoms with Crippen LogP contribution in [0.3, 0.4) is 0 Å². The van der Waals surface area contributed by atoms with E-state index in [1.807, 2.05) is 19.1 Å². The maximum atomic E-state index is 10.5. The third-order valence-electron chi connectivity index (χ3n) is 2.71. The second-order valence-electron chi connectivity index (χ2n) is 3.63. The van der Waals surface area contributed by atoms with Gasteiger partial charge in [0.2, 0.25) is 0 Å². The number of fused-ring (bicyclic) bond motifs is 1. The van der Waals surface area contributed by atoms with Gasteiger partial charge in [0, 0.05) is 29.6 Å². The second-order valence-corrected chi connectivity index (χ2v) is 4.04. The minimum Gasteiger partial charge on any atom is -0.384 e. The monoisotopic (exact) mass is 209 g/mol. The molecule has 3 heteroatoms. The minimum absolute atomic E-state index is 0.245. The summed E-state index contributed by atoms with van der Waals surface area (Å²) < 4.78 is 0. The summed E-state index contributed by atoms with van der Waals surface area (Å²) in [4.78, 5) is 10.5. The van der Waals surface area contributed by atoms with Crippen LogP contribution in [0.2, 0.25) is 5.02 Å². The molecule has 1 atom stereocenters. The topological polar surface area (TPSA) is 29.1 Å². The molecule has 0 aromatic heterocycles. The summed E-state index contributed by atoms with van der Waals surface area (Å²) in [5.41, 5.74) is 3.42. The highest BCUT2D eigenvalue weighted by Crippen LogP contribution is 2.40. The Morgan fingerprint density at radius 3 is 3.14 bits per heavy atom. The molecule has 1 aromatic rings. The summed E-state index contributed by atoms with van der Waals surface area (Å²) in [6.07, 6.45) is 1.50. The van der Waals surface area contributed by atoms with Gasteiger partial charge in [-0.25, -0.2) is 0 Å². The Bertz CT molecular complexity index is 376. The van der Waals surface area contributed by atoms with Crippen molar-refractivity contribution in [2.24, 2.45) is 0 Å². The predicted octanol–water partition coefficient (Wildman–Crippen LogP) is 2.75. The summed E-state index contributed by atoms with van der Waals surface area (Å²) in [6.45, 7) is 2.87. The Labute approximate surface area is 88.3 Å². The lowest BCUT2D eigenvalue weighted by atomic mass is 9.97. The first-order chi connectivity index (χ1) is 6.74. The molecule has 0 radical (unpaired) electrons. The average molecular weight is 210 g/mol. The van der Waals surface area contributed by atoms with Gasteiger partial charge in [0.15, 0.2) is 0 Å². The molecular weight excluding hydrogens is 198 g/mol. The first kappa shape index (κ1) is 9.53. The maximum Gasteiger partial charge on any atom is 0.120 e. The number of halogens is 1. The van der Waals surface area contributed by atoms with E-state index in [9.17, 15) is 4.79 Å². The lowest BCUT2D eigenvalue weighted by Crippen LogP contribution is -2.02. The van der Waals surface area contributed by atoms with Crippen LogP contribution in [-0.4, -0.2) is 12.8 Å². The van der Waals surface area contributed by atoms with E-state index in [1.54, 1.807) is 0 Å². The first-order valence-electron chi connectivity index (χ1n) is 4.70. The molecule has 0 aliphatic carbocycles. The highest BCUT2D eigenvalue weighted by Gasteiger charge is 2.25. The Morgan fingerprint density at radius 1 is 1.64 bits per heavy atom. The third kappa shape index (κ3) is 1.40.